The van der Waals surface area contributed by atoms with Gasteiger partial charge in [0.05, 0.1) is 19.8 Å². The fourth-order valence-electron chi connectivity index (χ4n) is 5.82. The monoisotopic (exact) mass is 800 g/mol. The number of rotatable bonds is 34. The Kier molecular flexibility index (Phi) is 31.3. The van der Waals surface area contributed by atoms with Crippen LogP contribution in [0.2, 0.25) is 0 Å². The molecule has 0 bridgehead atoms. The number of esters is 1. The summed E-state index contributed by atoms with van der Waals surface area (Å²) in [4.78, 5) is 12.8. The Morgan fingerprint density at radius 1 is 0.709 bits per heavy atom. The molecule has 55 heavy (non-hydrogen) atoms. The number of carbonyl (C=O) groups is 1. The van der Waals surface area contributed by atoms with Crippen LogP contribution >= 0.6 is 0 Å². The van der Waals surface area contributed by atoms with Crippen molar-refractivity contribution in [3.8, 4) is 0 Å². The summed E-state index contributed by atoms with van der Waals surface area (Å²) in [6.45, 7) is 3.77. The van der Waals surface area contributed by atoms with Gasteiger partial charge in [-0.2, -0.15) is 8.42 Å². The summed E-state index contributed by atoms with van der Waals surface area (Å²) >= 11 is 0. The highest BCUT2D eigenvalue weighted by molar-refractivity contribution is 7.80. The number of unbranched alkanes of at least 4 members (excludes halogenated alkanes) is 11. The fourth-order valence-corrected chi connectivity index (χ4v) is 6.33. The minimum Gasteiger partial charge on any atom is -0.457 e. The van der Waals surface area contributed by atoms with Gasteiger partial charge in [-0.1, -0.05) is 139 Å². The molecule has 4 N–H and O–H groups in total. The Balaban J connectivity index is 2.53. The van der Waals surface area contributed by atoms with Gasteiger partial charge in [-0.25, -0.2) is 4.18 Å². The average Bonchev–Trinajstić information content (AvgIpc) is 3.15. The van der Waals surface area contributed by atoms with Crippen molar-refractivity contribution in [2.24, 2.45) is 0 Å². The second-order valence-electron chi connectivity index (χ2n) is 13.9. The first-order valence-corrected chi connectivity index (χ1v) is 21.9. The lowest BCUT2D eigenvalue weighted by Gasteiger charge is -2.41. The number of aliphatic hydroxyl groups excluding tert-OH is 3. The molecule has 1 heterocycles. The third-order valence-corrected chi connectivity index (χ3v) is 9.37. The normalized spacial score (nSPS) is 21.6. The molecule has 1 rings (SSSR count). The van der Waals surface area contributed by atoms with Crippen LogP contribution in [-0.2, 0) is 38.3 Å². The van der Waals surface area contributed by atoms with Crippen LogP contribution in [0.15, 0.2) is 60.8 Å². The van der Waals surface area contributed by atoms with Crippen molar-refractivity contribution in [1.29, 1.82) is 0 Å². The van der Waals surface area contributed by atoms with E-state index >= 15 is 0 Å². The molecule has 318 valence electrons. The first kappa shape index (κ1) is 50.8. The third-order valence-electron chi connectivity index (χ3n) is 8.90. The second kappa shape index (κ2) is 33.9. The summed E-state index contributed by atoms with van der Waals surface area (Å²) in [5.74, 6) is -0.458. The summed E-state index contributed by atoms with van der Waals surface area (Å²) in [6.07, 6.45) is 31.2. The highest BCUT2D eigenvalue weighted by atomic mass is 32.3. The summed E-state index contributed by atoms with van der Waals surface area (Å²) in [5.41, 5.74) is 0. The lowest BCUT2D eigenvalue weighted by Crippen LogP contribution is -2.60. The van der Waals surface area contributed by atoms with E-state index in [1.165, 1.54) is 51.4 Å². The van der Waals surface area contributed by atoms with Gasteiger partial charge in [0.2, 0.25) is 0 Å². The molecule has 1 aliphatic rings. The third kappa shape index (κ3) is 27.9. The zero-order valence-corrected chi connectivity index (χ0v) is 34.3. The van der Waals surface area contributed by atoms with Gasteiger partial charge in [-0.05, 0) is 51.4 Å². The molecule has 0 radical (unpaired) electrons. The van der Waals surface area contributed by atoms with E-state index in [-0.39, 0.29) is 19.6 Å². The molecular weight excluding hydrogens is 729 g/mol. The number of ether oxygens (including phenoxy) is 4. The van der Waals surface area contributed by atoms with Crippen molar-refractivity contribution in [2.45, 2.75) is 173 Å². The van der Waals surface area contributed by atoms with Crippen LogP contribution < -0.4 is 0 Å². The lowest BCUT2D eigenvalue weighted by molar-refractivity contribution is -0.301. The molecule has 6 atom stereocenters. The SMILES string of the molecule is CC/C=C\C/C=C\C/C=C\C/C=C\C/C=C\CCCC(=O)OC(COCCCCCCCCCCCCC)COC1OC(CO)C(O)C(OS(=O)(=O)O)C1O. The quantitative estimate of drug-likeness (QED) is 0.0215. The van der Waals surface area contributed by atoms with Gasteiger partial charge < -0.3 is 34.3 Å². The maximum absolute atomic E-state index is 12.8. The van der Waals surface area contributed by atoms with E-state index < -0.39 is 59.8 Å². The Labute approximate surface area is 331 Å². The molecule has 0 saturated carbocycles. The molecule has 0 spiro atoms. The van der Waals surface area contributed by atoms with Crippen molar-refractivity contribution in [2.75, 3.05) is 26.4 Å². The van der Waals surface area contributed by atoms with Gasteiger partial charge in [0, 0.05) is 13.0 Å². The molecule has 13 heteroatoms. The number of carbonyl (C=O) groups excluding carboxylic acids is 1. The standard InChI is InChI=1S/C42H72O12S/c1-3-5-7-9-11-13-15-16-17-18-19-20-21-23-25-27-29-31-38(44)52-36(34-50-32-30-28-26-24-22-14-12-10-8-6-4-2)35-51-42-40(46)41(54-55(47,48)49)39(45)37(33-43)53-42/h5,7,11,13,16-17,19-20,23,25,36-37,39-43,45-46H,3-4,6,8-10,12,14-15,18,21-22,24,26-35H2,1-2H3,(H,47,48,49)/b7-5-,13-11-,17-16-,20-19-,25-23-. The highest BCUT2D eigenvalue weighted by Crippen LogP contribution is 2.26. The Morgan fingerprint density at radius 2 is 1.24 bits per heavy atom. The average molecular weight is 801 g/mol. The number of allylic oxidation sites excluding steroid dienone is 10. The molecule has 0 aromatic heterocycles. The van der Waals surface area contributed by atoms with E-state index in [4.69, 9.17) is 23.5 Å². The maximum Gasteiger partial charge on any atom is 0.397 e. The fraction of sp³-hybridized carbons (Fsp3) is 0.738. The topological polar surface area (TPSA) is 178 Å². The van der Waals surface area contributed by atoms with E-state index in [1.54, 1.807) is 0 Å². The number of hydrogen-bond acceptors (Lipinski definition) is 11. The minimum atomic E-state index is -5.07. The van der Waals surface area contributed by atoms with Crippen molar-refractivity contribution in [1.82, 2.24) is 0 Å². The summed E-state index contributed by atoms with van der Waals surface area (Å²) in [7, 11) is -5.07. The molecule has 0 amide bonds. The number of hydrogen-bond donors (Lipinski definition) is 4. The summed E-state index contributed by atoms with van der Waals surface area (Å²) in [6, 6.07) is 0. The number of aliphatic hydroxyl groups is 3. The summed E-state index contributed by atoms with van der Waals surface area (Å²) in [5, 5.41) is 30.6. The van der Waals surface area contributed by atoms with Gasteiger partial charge in [-0.3, -0.25) is 9.35 Å². The lowest BCUT2D eigenvalue weighted by atomic mass is 9.99. The van der Waals surface area contributed by atoms with Gasteiger partial charge in [0.1, 0.15) is 30.5 Å². The summed E-state index contributed by atoms with van der Waals surface area (Å²) < 4.78 is 58.8. The van der Waals surface area contributed by atoms with Crippen molar-refractivity contribution >= 4 is 16.4 Å². The molecule has 1 saturated heterocycles. The predicted octanol–water partition coefficient (Wildman–Crippen LogP) is 7.79. The van der Waals surface area contributed by atoms with Gasteiger partial charge in [-0.15, -0.1) is 0 Å². The molecule has 0 aromatic rings. The first-order valence-electron chi connectivity index (χ1n) is 20.5. The van der Waals surface area contributed by atoms with Crippen LogP contribution in [-0.4, -0.2) is 97.5 Å². The van der Waals surface area contributed by atoms with E-state index in [1.807, 2.05) is 6.08 Å². The van der Waals surface area contributed by atoms with E-state index in [9.17, 15) is 28.5 Å². The van der Waals surface area contributed by atoms with Crippen molar-refractivity contribution in [3.05, 3.63) is 60.8 Å². The van der Waals surface area contributed by atoms with Crippen LogP contribution in [0.3, 0.4) is 0 Å². The highest BCUT2D eigenvalue weighted by Gasteiger charge is 2.48. The maximum atomic E-state index is 12.8. The molecule has 12 nitrogen and oxygen atoms in total. The van der Waals surface area contributed by atoms with E-state index in [0.29, 0.717) is 19.4 Å². The van der Waals surface area contributed by atoms with E-state index in [2.05, 4.69) is 72.7 Å². The smallest absolute Gasteiger partial charge is 0.397 e. The largest absolute Gasteiger partial charge is 0.457 e. The van der Waals surface area contributed by atoms with Gasteiger partial charge >= 0.3 is 16.4 Å². The Hall–Kier alpha value is -2.20. The second-order valence-corrected chi connectivity index (χ2v) is 14.9. The molecule has 1 aliphatic heterocycles. The predicted molar refractivity (Wildman–Crippen MR) is 216 cm³/mol. The molecule has 1 fully saturated rings. The van der Waals surface area contributed by atoms with Crippen molar-refractivity contribution in [3.63, 3.8) is 0 Å². The minimum absolute atomic E-state index is 0.0120. The van der Waals surface area contributed by atoms with Crippen LogP contribution in [0.25, 0.3) is 0 Å². The van der Waals surface area contributed by atoms with Crippen LogP contribution in [0.4, 0.5) is 0 Å². The van der Waals surface area contributed by atoms with E-state index in [0.717, 1.165) is 51.4 Å². The first-order chi connectivity index (χ1) is 26.6. The van der Waals surface area contributed by atoms with Crippen LogP contribution in [0.5, 0.6) is 0 Å². The molecule has 0 aliphatic carbocycles. The van der Waals surface area contributed by atoms with Gasteiger partial charge in [0.15, 0.2) is 6.29 Å². The zero-order valence-electron chi connectivity index (χ0n) is 33.5. The van der Waals surface area contributed by atoms with Crippen molar-refractivity contribution < 1.29 is 56.2 Å². The molecule has 0 aromatic carbocycles. The molecule has 6 unspecified atom stereocenters. The zero-order chi connectivity index (χ0) is 40.4. The van der Waals surface area contributed by atoms with Gasteiger partial charge in [0.25, 0.3) is 0 Å². The van der Waals surface area contributed by atoms with Crippen LogP contribution in [0, 0.1) is 0 Å². The van der Waals surface area contributed by atoms with Crippen LogP contribution in [0.1, 0.15) is 136 Å². The Bertz CT molecular complexity index is 1200. The molecular formula is C42H72O12S. The Morgan fingerprint density at radius 3 is 1.76 bits per heavy atom.